The van der Waals surface area contributed by atoms with Gasteiger partial charge in [-0.3, -0.25) is 4.90 Å². The predicted molar refractivity (Wildman–Crippen MR) is 74.8 cm³/mol. The fourth-order valence-electron chi connectivity index (χ4n) is 2.50. The van der Waals surface area contributed by atoms with Crippen molar-refractivity contribution in [3.05, 3.63) is 35.4 Å². The second kappa shape index (κ2) is 6.68. The molecule has 1 aliphatic heterocycles. The molecule has 1 saturated heterocycles. The molecule has 1 aliphatic rings. The lowest BCUT2D eigenvalue weighted by molar-refractivity contribution is 0.0600. The van der Waals surface area contributed by atoms with Crippen molar-refractivity contribution in [3.63, 3.8) is 0 Å². The average Bonchev–Trinajstić information content (AvgIpc) is 2.48. The summed E-state index contributed by atoms with van der Waals surface area (Å²) in [5.74, 6) is 0.410. The molecule has 19 heavy (non-hydrogen) atoms. The minimum atomic E-state index is -0.282. The Morgan fingerprint density at radius 1 is 1.32 bits per heavy atom. The first-order chi connectivity index (χ1) is 9.22. The number of piperidine rings is 1. The van der Waals surface area contributed by atoms with Crippen LogP contribution in [0.1, 0.15) is 28.8 Å². The quantitative estimate of drug-likeness (QED) is 0.838. The molecule has 1 aromatic rings. The fraction of sp³-hybridized carbons (Fsp3) is 0.533. The van der Waals surface area contributed by atoms with Gasteiger partial charge in [-0.1, -0.05) is 12.1 Å². The van der Waals surface area contributed by atoms with Crippen molar-refractivity contribution in [1.82, 2.24) is 4.90 Å². The Morgan fingerprint density at radius 2 is 1.95 bits per heavy atom. The second-order valence-corrected chi connectivity index (χ2v) is 5.14. The average molecular weight is 262 g/mol. The molecule has 0 aromatic heterocycles. The third kappa shape index (κ3) is 3.78. The summed E-state index contributed by atoms with van der Waals surface area (Å²) in [7, 11) is 1.40. The zero-order valence-electron chi connectivity index (χ0n) is 11.5. The maximum Gasteiger partial charge on any atom is 0.337 e. The number of nitrogens with two attached hydrogens (primary N) is 1. The van der Waals surface area contributed by atoms with E-state index in [9.17, 15) is 4.79 Å². The lowest BCUT2D eigenvalue weighted by Gasteiger charge is -2.31. The Labute approximate surface area is 114 Å². The molecule has 0 unspecified atom stereocenters. The maximum atomic E-state index is 11.3. The molecule has 1 aromatic carbocycles. The van der Waals surface area contributed by atoms with E-state index in [1.807, 2.05) is 24.3 Å². The molecule has 0 bridgehead atoms. The van der Waals surface area contributed by atoms with E-state index in [0.29, 0.717) is 11.5 Å². The van der Waals surface area contributed by atoms with Crippen molar-refractivity contribution in [2.45, 2.75) is 19.4 Å². The topological polar surface area (TPSA) is 55.6 Å². The van der Waals surface area contributed by atoms with Crippen LogP contribution in [-0.2, 0) is 11.3 Å². The Hall–Kier alpha value is -1.39. The van der Waals surface area contributed by atoms with Gasteiger partial charge in [0.2, 0.25) is 0 Å². The Morgan fingerprint density at radius 3 is 2.47 bits per heavy atom. The van der Waals surface area contributed by atoms with Crippen molar-refractivity contribution in [2.24, 2.45) is 11.7 Å². The molecule has 0 radical (unpaired) electrons. The van der Waals surface area contributed by atoms with Crippen LogP contribution in [0.2, 0.25) is 0 Å². The van der Waals surface area contributed by atoms with E-state index in [0.717, 1.165) is 26.2 Å². The van der Waals surface area contributed by atoms with Gasteiger partial charge in [-0.25, -0.2) is 4.79 Å². The summed E-state index contributed by atoms with van der Waals surface area (Å²) >= 11 is 0. The van der Waals surface area contributed by atoms with Gasteiger partial charge < -0.3 is 10.5 Å². The third-order valence-corrected chi connectivity index (χ3v) is 3.82. The SMILES string of the molecule is COC(=O)c1ccc(CN2CCC(CN)CC2)cc1. The van der Waals surface area contributed by atoms with Gasteiger partial charge in [0.05, 0.1) is 12.7 Å². The minimum Gasteiger partial charge on any atom is -0.465 e. The summed E-state index contributed by atoms with van der Waals surface area (Å²) < 4.78 is 4.69. The van der Waals surface area contributed by atoms with Gasteiger partial charge in [0.15, 0.2) is 0 Å². The lowest BCUT2D eigenvalue weighted by atomic mass is 9.97. The van der Waals surface area contributed by atoms with Crippen LogP contribution in [0.5, 0.6) is 0 Å². The van der Waals surface area contributed by atoms with Crippen molar-refractivity contribution < 1.29 is 9.53 Å². The Kier molecular flexibility index (Phi) is 4.93. The summed E-state index contributed by atoms with van der Waals surface area (Å²) in [6, 6.07) is 7.66. The normalized spacial score (nSPS) is 17.4. The van der Waals surface area contributed by atoms with Gasteiger partial charge in [-0.15, -0.1) is 0 Å². The largest absolute Gasteiger partial charge is 0.465 e. The van der Waals surface area contributed by atoms with Gasteiger partial charge in [-0.05, 0) is 56.1 Å². The highest BCUT2D eigenvalue weighted by molar-refractivity contribution is 5.89. The lowest BCUT2D eigenvalue weighted by Crippen LogP contribution is -2.35. The molecular formula is C15H22N2O2. The number of methoxy groups -OCH3 is 1. The van der Waals surface area contributed by atoms with Crippen LogP contribution < -0.4 is 5.73 Å². The first-order valence-corrected chi connectivity index (χ1v) is 6.82. The van der Waals surface area contributed by atoms with Gasteiger partial charge in [0, 0.05) is 6.54 Å². The van der Waals surface area contributed by atoms with Gasteiger partial charge in [-0.2, -0.15) is 0 Å². The molecule has 0 spiro atoms. The van der Waals surface area contributed by atoms with Crippen LogP contribution in [0.3, 0.4) is 0 Å². The number of ether oxygens (including phenoxy) is 1. The molecule has 4 heteroatoms. The summed E-state index contributed by atoms with van der Waals surface area (Å²) in [5.41, 5.74) is 7.54. The van der Waals surface area contributed by atoms with Gasteiger partial charge in [0.25, 0.3) is 0 Å². The summed E-state index contributed by atoms with van der Waals surface area (Å²) in [6.45, 7) is 3.97. The summed E-state index contributed by atoms with van der Waals surface area (Å²) in [5, 5.41) is 0. The van der Waals surface area contributed by atoms with Crippen molar-refractivity contribution in [1.29, 1.82) is 0 Å². The van der Waals surface area contributed by atoms with Crippen molar-refractivity contribution in [2.75, 3.05) is 26.7 Å². The number of carbonyl (C=O) groups excluding carboxylic acids is 1. The molecule has 0 aliphatic carbocycles. The molecule has 2 N–H and O–H groups in total. The zero-order valence-corrected chi connectivity index (χ0v) is 11.5. The molecule has 0 saturated carbocycles. The van der Waals surface area contributed by atoms with E-state index in [2.05, 4.69) is 9.64 Å². The number of likely N-dealkylation sites (tertiary alicyclic amines) is 1. The number of esters is 1. The van der Waals surface area contributed by atoms with Crippen LogP contribution in [-0.4, -0.2) is 37.6 Å². The fourth-order valence-corrected chi connectivity index (χ4v) is 2.50. The smallest absolute Gasteiger partial charge is 0.337 e. The minimum absolute atomic E-state index is 0.282. The standard InChI is InChI=1S/C15H22N2O2/c1-19-15(18)14-4-2-13(3-5-14)11-17-8-6-12(10-16)7-9-17/h2-5,12H,6-11,16H2,1H3. The number of hydrogen-bond acceptors (Lipinski definition) is 4. The van der Waals surface area contributed by atoms with Gasteiger partial charge >= 0.3 is 5.97 Å². The van der Waals surface area contributed by atoms with Crippen molar-refractivity contribution >= 4 is 5.97 Å². The molecule has 104 valence electrons. The first-order valence-electron chi connectivity index (χ1n) is 6.82. The Balaban J connectivity index is 1.88. The molecular weight excluding hydrogens is 240 g/mol. The van der Waals surface area contributed by atoms with E-state index in [1.54, 1.807) is 0 Å². The molecule has 0 atom stereocenters. The first kappa shape index (κ1) is 14.0. The van der Waals surface area contributed by atoms with Crippen LogP contribution >= 0.6 is 0 Å². The van der Waals surface area contributed by atoms with E-state index >= 15 is 0 Å². The van der Waals surface area contributed by atoms with Crippen LogP contribution in [0.25, 0.3) is 0 Å². The predicted octanol–water partition coefficient (Wildman–Crippen LogP) is 1.64. The summed E-state index contributed by atoms with van der Waals surface area (Å²) in [6.07, 6.45) is 2.38. The highest BCUT2D eigenvalue weighted by atomic mass is 16.5. The van der Waals surface area contributed by atoms with E-state index in [-0.39, 0.29) is 5.97 Å². The monoisotopic (exact) mass is 262 g/mol. The zero-order chi connectivity index (χ0) is 13.7. The van der Waals surface area contributed by atoms with Crippen molar-refractivity contribution in [3.8, 4) is 0 Å². The number of rotatable bonds is 4. The highest BCUT2D eigenvalue weighted by Crippen LogP contribution is 2.18. The van der Waals surface area contributed by atoms with E-state index in [1.165, 1.54) is 25.5 Å². The summed E-state index contributed by atoms with van der Waals surface area (Å²) in [4.78, 5) is 13.8. The van der Waals surface area contributed by atoms with Crippen LogP contribution in [0.4, 0.5) is 0 Å². The molecule has 1 heterocycles. The molecule has 4 nitrogen and oxygen atoms in total. The molecule has 2 rings (SSSR count). The second-order valence-electron chi connectivity index (χ2n) is 5.14. The molecule has 1 fully saturated rings. The number of nitrogens with zero attached hydrogens (tertiary/aromatic N) is 1. The van der Waals surface area contributed by atoms with Crippen LogP contribution in [0.15, 0.2) is 24.3 Å². The maximum absolute atomic E-state index is 11.3. The highest BCUT2D eigenvalue weighted by Gasteiger charge is 2.17. The van der Waals surface area contributed by atoms with E-state index in [4.69, 9.17) is 5.73 Å². The third-order valence-electron chi connectivity index (χ3n) is 3.82. The number of carbonyl (C=O) groups is 1. The van der Waals surface area contributed by atoms with Gasteiger partial charge in [0.1, 0.15) is 0 Å². The van der Waals surface area contributed by atoms with Crippen LogP contribution in [0, 0.1) is 5.92 Å². The molecule has 0 amide bonds. The Bertz CT molecular complexity index is 409. The van der Waals surface area contributed by atoms with E-state index < -0.39 is 0 Å². The number of hydrogen-bond donors (Lipinski definition) is 1. The number of benzene rings is 1.